The summed E-state index contributed by atoms with van der Waals surface area (Å²) >= 11 is 0. The molecule has 1 heterocycles. The Morgan fingerprint density at radius 3 is 2.58 bits per heavy atom. The zero-order valence-electron chi connectivity index (χ0n) is 14.2. The third-order valence-corrected chi connectivity index (χ3v) is 4.18. The number of rotatable bonds is 2. The highest BCUT2D eigenvalue weighted by Crippen LogP contribution is 2.34. The Kier molecular flexibility index (Phi) is 5.13. The molecular formula is C17H22F3NO3. The molecule has 1 amide bonds. The van der Waals surface area contributed by atoms with E-state index in [1.165, 1.54) is 6.07 Å². The van der Waals surface area contributed by atoms with E-state index in [0.717, 1.165) is 12.1 Å². The number of ether oxygens (including phenoxy) is 2. The summed E-state index contributed by atoms with van der Waals surface area (Å²) in [4.78, 5) is 12.0. The molecule has 0 saturated heterocycles. The smallest absolute Gasteiger partial charge is 0.416 e. The summed E-state index contributed by atoms with van der Waals surface area (Å²) in [6.07, 6.45) is -5.33. The largest absolute Gasteiger partial charge is 0.446 e. The molecule has 0 aromatic heterocycles. The van der Waals surface area contributed by atoms with Gasteiger partial charge in [-0.2, -0.15) is 13.2 Å². The second kappa shape index (κ2) is 6.63. The second-order valence-electron chi connectivity index (χ2n) is 7.04. The maximum Gasteiger partial charge on any atom is 0.416 e. The topological polar surface area (TPSA) is 47.6 Å². The first kappa shape index (κ1) is 18.6. The number of alkyl carbamates (subject to hydrolysis) is 1. The minimum atomic E-state index is -4.41. The number of carbonyl (C=O) groups excluding carboxylic acids is 1. The van der Waals surface area contributed by atoms with E-state index in [2.05, 4.69) is 5.32 Å². The zero-order valence-corrected chi connectivity index (χ0v) is 14.2. The summed E-state index contributed by atoms with van der Waals surface area (Å²) < 4.78 is 49.0. The summed E-state index contributed by atoms with van der Waals surface area (Å²) in [5, 5.41) is 2.67. The number of nitrogens with one attached hydrogen (secondary N) is 1. The number of halogens is 3. The van der Waals surface area contributed by atoms with Gasteiger partial charge in [0, 0.05) is 0 Å². The minimum absolute atomic E-state index is 0.0882. The van der Waals surface area contributed by atoms with Gasteiger partial charge in [0.2, 0.25) is 0 Å². The van der Waals surface area contributed by atoms with E-state index < -0.39 is 23.9 Å². The summed E-state index contributed by atoms with van der Waals surface area (Å²) in [5.41, 5.74) is 0.106. The summed E-state index contributed by atoms with van der Waals surface area (Å²) in [6, 6.07) is 2.93. The lowest BCUT2D eigenvalue weighted by Crippen LogP contribution is -2.38. The molecular weight excluding hydrogens is 323 g/mol. The first-order chi connectivity index (χ1) is 11.0. The fraction of sp³-hybridized carbons (Fsp3) is 0.588. The molecule has 0 bridgehead atoms. The minimum Gasteiger partial charge on any atom is -0.446 e. The number of amides is 1. The average molecular weight is 345 g/mol. The molecule has 0 saturated carbocycles. The van der Waals surface area contributed by atoms with Crippen LogP contribution in [0.3, 0.4) is 0 Å². The molecule has 2 rings (SSSR count). The molecule has 1 aliphatic rings. The van der Waals surface area contributed by atoms with Gasteiger partial charge in [0.15, 0.2) is 0 Å². The Labute approximate surface area is 139 Å². The van der Waals surface area contributed by atoms with Crippen molar-refractivity contribution in [3.63, 3.8) is 0 Å². The molecule has 0 spiro atoms. The highest BCUT2D eigenvalue weighted by Gasteiger charge is 2.33. The van der Waals surface area contributed by atoms with Gasteiger partial charge >= 0.3 is 12.3 Å². The quantitative estimate of drug-likeness (QED) is 0.862. The van der Waals surface area contributed by atoms with Gasteiger partial charge in [-0.3, -0.25) is 0 Å². The van der Waals surface area contributed by atoms with Crippen LogP contribution in [0.1, 0.15) is 50.4 Å². The Morgan fingerprint density at radius 2 is 2.00 bits per heavy atom. The Balaban J connectivity index is 2.11. The fourth-order valence-electron chi connectivity index (χ4n) is 2.26. The molecule has 24 heavy (non-hydrogen) atoms. The second-order valence-corrected chi connectivity index (χ2v) is 7.04. The summed E-state index contributed by atoms with van der Waals surface area (Å²) in [5.74, 6) is 0. The van der Waals surface area contributed by atoms with Gasteiger partial charge in [0.25, 0.3) is 0 Å². The molecule has 2 atom stereocenters. The first-order valence-electron chi connectivity index (χ1n) is 7.73. The molecule has 4 nitrogen and oxygen atoms in total. The highest BCUT2D eigenvalue weighted by molar-refractivity contribution is 5.68. The van der Waals surface area contributed by atoms with Crippen molar-refractivity contribution in [2.24, 2.45) is 5.41 Å². The molecule has 0 radical (unpaired) electrons. The standard InChI is InChI=1S/C17H22F3NO3/c1-10(16(2,3)4)24-15(22)21-14-9-23-8-11-7-12(17(18,19)20)5-6-13(11)14/h5-7,10,14H,8-9H2,1-4H3,(H,21,22). The van der Waals surface area contributed by atoms with Crippen molar-refractivity contribution in [2.45, 2.75) is 52.6 Å². The predicted octanol–water partition coefficient (Wildman–Crippen LogP) is 4.44. The lowest BCUT2D eigenvalue weighted by molar-refractivity contribution is -0.137. The van der Waals surface area contributed by atoms with Crippen molar-refractivity contribution in [1.29, 1.82) is 0 Å². The molecule has 0 aliphatic carbocycles. The number of fused-ring (bicyclic) bond motifs is 1. The van der Waals surface area contributed by atoms with Gasteiger partial charge in [-0.05, 0) is 35.6 Å². The molecule has 1 aromatic carbocycles. The van der Waals surface area contributed by atoms with Gasteiger partial charge < -0.3 is 14.8 Å². The van der Waals surface area contributed by atoms with Gasteiger partial charge in [-0.1, -0.05) is 26.8 Å². The van der Waals surface area contributed by atoms with Crippen LogP contribution in [-0.2, 0) is 22.3 Å². The van der Waals surface area contributed by atoms with Crippen molar-refractivity contribution in [3.8, 4) is 0 Å². The Bertz CT molecular complexity index is 608. The van der Waals surface area contributed by atoms with Crippen LogP contribution in [0.4, 0.5) is 18.0 Å². The average Bonchev–Trinajstić information content (AvgIpc) is 2.45. The summed E-state index contributed by atoms with van der Waals surface area (Å²) in [7, 11) is 0. The number of hydrogen-bond donors (Lipinski definition) is 1. The van der Waals surface area contributed by atoms with E-state index in [4.69, 9.17) is 9.47 Å². The van der Waals surface area contributed by atoms with Crippen molar-refractivity contribution < 1.29 is 27.4 Å². The monoisotopic (exact) mass is 345 g/mol. The van der Waals surface area contributed by atoms with Gasteiger partial charge in [-0.25, -0.2) is 4.79 Å². The van der Waals surface area contributed by atoms with E-state index in [1.807, 2.05) is 20.8 Å². The van der Waals surface area contributed by atoms with Gasteiger partial charge in [-0.15, -0.1) is 0 Å². The van der Waals surface area contributed by atoms with Crippen LogP contribution >= 0.6 is 0 Å². The van der Waals surface area contributed by atoms with Gasteiger partial charge in [0.05, 0.1) is 24.8 Å². The predicted molar refractivity (Wildman–Crippen MR) is 82.4 cm³/mol. The fourth-order valence-corrected chi connectivity index (χ4v) is 2.26. The number of hydrogen-bond acceptors (Lipinski definition) is 3. The number of benzene rings is 1. The van der Waals surface area contributed by atoms with Crippen LogP contribution in [0, 0.1) is 5.41 Å². The zero-order chi connectivity index (χ0) is 18.1. The normalized spacial score (nSPS) is 19.4. The van der Waals surface area contributed by atoms with E-state index in [-0.39, 0.29) is 24.7 Å². The van der Waals surface area contributed by atoms with Crippen LogP contribution in [0.15, 0.2) is 18.2 Å². The Hall–Kier alpha value is -1.76. The molecule has 134 valence electrons. The van der Waals surface area contributed by atoms with Crippen LogP contribution in [0.5, 0.6) is 0 Å². The van der Waals surface area contributed by atoms with Crippen molar-refractivity contribution in [2.75, 3.05) is 6.61 Å². The van der Waals surface area contributed by atoms with Crippen LogP contribution in [0.25, 0.3) is 0 Å². The SMILES string of the molecule is CC(OC(=O)NC1COCc2cc(C(F)(F)F)ccc21)C(C)(C)C. The molecule has 1 aromatic rings. The molecule has 0 fully saturated rings. The lowest BCUT2D eigenvalue weighted by atomic mass is 9.90. The molecule has 2 unspecified atom stereocenters. The highest BCUT2D eigenvalue weighted by atomic mass is 19.4. The van der Waals surface area contributed by atoms with E-state index in [9.17, 15) is 18.0 Å². The van der Waals surface area contributed by atoms with Crippen LogP contribution in [-0.4, -0.2) is 18.8 Å². The first-order valence-corrected chi connectivity index (χ1v) is 7.73. The summed E-state index contributed by atoms with van der Waals surface area (Å²) in [6.45, 7) is 7.91. The Morgan fingerprint density at radius 1 is 1.33 bits per heavy atom. The lowest BCUT2D eigenvalue weighted by Gasteiger charge is -2.30. The van der Waals surface area contributed by atoms with Crippen molar-refractivity contribution in [3.05, 3.63) is 34.9 Å². The van der Waals surface area contributed by atoms with E-state index in [1.54, 1.807) is 6.92 Å². The number of carbonyl (C=O) groups is 1. The third kappa shape index (κ3) is 4.41. The molecule has 1 aliphatic heterocycles. The van der Waals surface area contributed by atoms with Crippen LogP contribution < -0.4 is 5.32 Å². The van der Waals surface area contributed by atoms with Crippen molar-refractivity contribution >= 4 is 6.09 Å². The van der Waals surface area contributed by atoms with Crippen molar-refractivity contribution in [1.82, 2.24) is 5.32 Å². The van der Waals surface area contributed by atoms with Gasteiger partial charge in [0.1, 0.15) is 6.10 Å². The van der Waals surface area contributed by atoms with E-state index in [0.29, 0.717) is 11.1 Å². The number of alkyl halides is 3. The molecule has 1 N–H and O–H groups in total. The van der Waals surface area contributed by atoms with Crippen LogP contribution in [0.2, 0.25) is 0 Å². The third-order valence-electron chi connectivity index (χ3n) is 4.18. The maximum atomic E-state index is 12.8. The van der Waals surface area contributed by atoms with E-state index >= 15 is 0 Å². The molecule has 7 heteroatoms. The maximum absolute atomic E-state index is 12.8.